The molecule has 7 nitrogen and oxygen atoms in total. The number of halogens is 1. The number of fused-ring (bicyclic) bond motifs is 3. The minimum absolute atomic E-state index is 0. The molecule has 0 aliphatic heterocycles. The number of hydrogen-bond donors (Lipinski definition) is 3. The molecule has 0 fully saturated rings. The molecule has 0 radical (unpaired) electrons. The van der Waals surface area contributed by atoms with E-state index in [1.54, 1.807) is 6.92 Å². The van der Waals surface area contributed by atoms with Gasteiger partial charge in [0.25, 0.3) is 0 Å². The van der Waals surface area contributed by atoms with Gasteiger partial charge in [-0.25, -0.2) is 4.79 Å². The first kappa shape index (κ1) is 28.3. The Kier molecular flexibility index (Phi) is 10.6. The van der Waals surface area contributed by atoms with Gasteiger partial charge in [-0.15, -0.1) is 12.4 Å². The van der Waals surface area contributed by atoms with E-state index in [1.165, 1.54) is 5.56 Å². The minimum Gasteiger partial charge on any atom is -0.490 e. The summed E-state index contributed by atoms with van der Waals surface area (Å²) < 4.78 is 16.3. The van der Waals surface area contributed by atoms with Gasteiger partial charge in [-0.1, -0.05) is 43.3 Å². The number of nitrogens with one attached hydrogen (secondary N) is 2. The molecular formula is C29H35ClN2O5. The number of carbonyl (C=O) groups is 1. The Morgan fingerprint density at radius 2 is 1.73 bits per heavy atom. The molecule has 1 aromatic heterocycles. The summed E-state index contributed by atoms with van der Waals surface area (Å²) in [6, 6.07) is 21.8. The summed E-state index contributed by atoms with van der Waals surface area (Å²) in [5.41, 5.74) is 3.27. The molecule has 2 atom stereocenters. The van der Waals surface area contributed by atoms with Gasteiger partial charge in [-0.05, 0) is 61.7 Å². The summed E-state index contributed by atoms with van der Waals surface area (Å²) in [7, 11) is 0. The Morgan fingerprint density at radius 3 is 2.51 bits per heavy atom. The monoisotopic (exact) mass is 526 g/mol. The van der Waals surface area contributed by atoms with Crippen molar-refractivity contribution in [2.75, 3.05) is 32.9 Å². The van der Waals surface area contributed by atoms with Gasteiger partial charge in [0, 0.05) is 22.8 Å². The third kappa shape index (κ3) is 7.86. The number of aromatic nitrogens is 1. The number of benzene rings is 3. The van der Waals surface area contributed by atoms with E-state index in [1.807, 2.05) is 60.7 Å². The minimum atomic E-state index is -0.617. The molecule has 0 aliphatic carbocycles. The number of carbonyl (C=O) groups excluding carboxylic acids is 1. The fourth-order valence-corrected chi connectivity index (χ4v) is 4.27. The number of ether oxygens (including phenoxy) is 3. The van der Waals surface area contributed by atoms with Crippen LogP contribution in [0.3, 0.4) is 0 Å². The predicted molar refractivity (Wildman–Crippen MR) is 149 cm³/mol. The van der Waals surface area contributed by atoms with E-state index < -0.39 is 6.10 Å². The summed E-state index contributed by atoms with van der Waals surface area (Å²) in [6.07, 6.45) is 0.272. The molecule has 37 heavy (non-hydrogen) atoms. The number of aliphatic hydroxyl groups is 1. The molecule has 4 aromatic rings. The SMILES string of the molecule is CCOC(=O)COc1ccc(CC(C)CNCC(O)COc2cccc3[nH]c4ccccc4c23)cc1.Cl. The molecule has 0 saturated heterocycles. The fourth-order valence-electron chi connectivity index (χ4n) is 4.27. The van der Waals surface area contributed by atoms with Crippen LogP contribution in [0.25, 0.3) is 21.8 Å². The smallest absolute Gasteiger partial charge is 0.344 e. The van der Waals surface area contributed by atoms with Crippen molar-refractivity contribution in [2.24, 2.45) is 5.92 Å². The Morgan fingerprint density at radius 1 is 0.973 bits per heavy atom. The second kappa shape index (κ2) is 13.9. The Balaban J connectivity index is 0.00000380. The molecular weight excluding hydrogens is 492 g/mol. The van der Waals surface area contributed by atoms with E-state index in [-0.39, 0.29) is 31.6 Å². The third-order valence-electron chi connectivity index (χ3n) is 5.97. The second-order valence-corrected chi connectivity index (χ2v) is 9.02. The topological polar surface area (TPSA) is 92.8 Å². The van der Waals surface area contributed by atoms with E-state index in [9.17, 15) is 9.90 Å². The van der Waals surface area contributed by atoms with Crippen molar-refractivity contribution in [3.8, 4) is 11.5 Å². The average Bonchev–Trinajstić information content (AvgIpc) is 3.26. The predicted octanol–water partition coefficient (Wildman–Crippen LogP) is 4.89. The average molecular weight is 527 g/mol. The quantitative estimate of drug-likeness (QED) is 0.215. The van der Waals surface area contributed by atoms with Crippen LogP contribution in [0.15, 0.2) is 66.7 Å². The molecule has 2 unspecified atom stereocenters. The standard InChI is InChI=1S/C29H34N2O5.ClH/c1-3-34-28(33)19-35-23-13-11-21(12-14-23)15-20(2)16-30-17-22(32)18-36-27-10-6-9-26-29(27)24-7-4-5-8-25(24)31-26;/h4-14,20,22,30-32H,3,15-19H2,1-2H3;1H. The van der Waals surface area contributed by atoms with E-state index in [0.717, 1.165) is 40.5 Å². The number of aromatic amines is 1. The van der Waals surface area contributed by atoms with Crippen LogP contribution in [0.2, 0.25) is 0 Å². The number of aliphatic hydroxyl groups excluding tert-OH is 1. The largest absolute Gasteiger partial charge is 0.490 e. The number of para-hydroxylation sites is 1. The first-order valence-electron chi connectivity index (χ1n) is 12.4. The molecule has 0 amide bonds. The zero-order valence-corrected chi connectivity index (χ0v) is 22.1. The van der Waals surface area contributed by atoms with Crippen LogP contribution in [0.5, 0.6) is 11.5 Å². The van der Waals surface area contributed by atoms with Crippen molar-refractivity contribution < 1.29 is 24.1 Å². The summed E-state index contributed by atoms with van der Waals surface area (Å²) in [6.45, 7) is 5.64. The van der Waals surface area contributed by atoms with Crippen LogP contribution in [0, 0.1) is 5.92 Å². The van der Waals surface area contributed by atoms with Crippen LogP contribution in [0.4, 0.5) is 0 Å². The molecule has 3 aromatic carbocycles. The van der Waals surface area contributed by atoms with Crippen molar-refractivity contribution >= 4 is 40.2 Å². The number of rotatable bonds is 13. The van der Waals surface area contributed by atoms with Crippen LogP contribution in [-0.4, -0.2) is 55.1 Å². The highest BCUT2D eigenvalue weighted by Crippen LogP contribution is 2.32. The Bertz CT molecular complexity index is 1270. The maximum atomic E-state index is 11.4. The third-order valence-corrected chi connectivity index (χ3v) is 5.97. The zero-order chi connectivity index (χ0) is 25.3. The molecule has 1 heterocycles. The lowest BCUT2D eigenvalue weighted by Gasteiger charge is -2.17. The second-order valence-electron chi connectivity index (χ2n) is 9.02. The van der Waals surface area contributed by atoms with Gasteiger partial charge in [-0.2, -0.15) is 0 Å². The first-order valence-corrected chi connectivity index (χ1v) is 12.4. The van der Waals surface area contributed by atoms with Gasteiger partial charge in [0.05, 0.1) is 12.1 Å². The van der Waals surface area contributed by atoms with Gasteiger partial charge in [0.2, 0.25) is 0 Å². The van der Waals surface area contributed by atoms with Crippen molar-refractivity contribution in [1.82, 2.24) is 10.3 Å². The number of esters is 1. The molecule has 3 N–H and O–H groups in total. The molecule has 198 valence electrons. The van der Waals surface area contributed by atoms with Crippen LogP contribution >= 0.6 is 12.4 Å². The molecule has 0 saturated carbocycles. The first-order chi connectivity index (χ1) is 17.5. The highest BCUT2D eigenvalue weighted by Gasteiger charge is 2.12. The van der Waals surface area contributed by atoms with Crippen molar-refractivity contribution in [2.45, 2.75) is 26.4 Å². The van der Waals surface area contributed by atoms with Crippen LogP contribution in [-0.2, 0) is 16.0 Å². The van der Waals surface area contributed by atoms with Gasteiger partial charge in [0.15, 0.2) is 6.61 Å². The van der Waals surface area contributed by atoms with Gasteiger partial charge < -0.3 is 29.6 Å². The Hall–Kier alpha value is -3.26. The van der Waals surface area contributed by atoms with Crippen molar-refractivity contribution in [3.63, 3.8) is 0 Å². The van der Waals surface area contributed by atoms with Gasteiger partial charge >= 0.3 is 5.97 Å². The lowest BCUT2D eigenvalue weighted by molar-refractivity contribution is -0.145. The summed E-state index contributed by atoms with van der Waals surface area (Å²) in [4.78, 5) is 14.8. The van der Waals surface area contributed by atoms with E-state index >= 15 is 0 Å². The number of H-pyrrole nitrogens is 1. The number of hydrogen-bond acceptors (Lipinski definition) is 6. The Labute approximate surface area is 223 Å². The molecule has 8 heteroatoms. The zero-order valence-electron chi connectivity index (χ0n) is 21.2. The van der Waals surface area contributed by atoms with Crippen LogP contribution < -0.4 is 14.8 Å². The van der Waals surface area contributed by atoms with Gasteiger partial charge in [0.1, 0.15) is 24.2 Å². The lowest BCUT2D eigenvalue weighted by atomic mass is 10.0. The van der Waals surface area contributed by atoms with E-state index in [0.29, 0.717) is 24.8 Å². The van der Waals surface area contributed by atoms with E-state index in [4.69, 9.17) is 14.2 Å². The maximum Gasteiger partial charge on any atom is 0.344 e. The fraction of sp³-hybridized carbons (Fsp3) is 0.345. The molecule has 4 rings (SSSR count). The molecule has 0 aliphatic rings. The van der Waals surface area contributed by atoms with Gasteiger partial charge in [-0.3, -0.25) is 0 Å². The molecule has 0 bridgehead atoms. The maximum absolute atomic E-state index is 11.4. The summed E-state index contributed by atoms with van der Waals surface area (Å²) in [5.74, 6) is 1.42. The summed E-state index contributed by atoms with van der Waals surface area (Å²) in [5, 5.41) is 16.0. The normalized spacial score (nSPS) is 12.6. The van der Waals surface area contributed by atoms with Crippen molar-refractivity contribution in [3.05, 3.63) is 72.3 Å². The highest BCUT2D eigenvalue weighted by molar-refractivity contribution is 6.10. The van der Waals surface area contributed by atoms with Crippen LogP contribution in [0.1, 0.15) is 19.4 Å². The lowest BCUT2D eigenvalue weighted by Crippen LogP contribution is -2.34. The summed E-state index contributed by atoms with van der Waals surface area (Å²) >= 11 is 0. The van der Waals surface area contributed by atoms with Crippen molar-refractivity contribution in [1.29, 1.82) is 0 Å². The van der Waals surface area contributed by atoms with E-state index in [2.05, 4.69) is 23.3 Å². The highest BCUT2D eigenvalue weighted by atomic mass is 35.5. The molecule has 0 spiro atoms.